The van der Waals surface area contributed by atoms with E-state index in [9.17, 15) is 14.4 Å². The molecule has 0 bridgehead atoms. The fraction of sp³-hybridized carbons (Fsp3) is 0.308. The Morgan fingerprint density at radius 1 is 1.25 bits per heavy atom. The van der Waals surface area contributed by atoms with Crippen LogP contribution in [-0.4, -0.2) is 30.4 Å². The van der Waals surface area contributed by atoms with E-state index < -0.39 is 23.8 Å². The molecule has 1 aromatic rings. The van der Waals surface area contributed by atoms with Crippen molar-refractivity contribution in [2.75, 3.05) is 6.54 Å². The van der Waals surface area contributed by atoms with Crippen LogP contribution < -0.4 is 16.5 Å². The number of carbonyl (C=O) groups is 3. The summed E-state index contributed by atoms with van der Waals surface area (Å²) in [7, 11) is 0. The van der Waals surface area contributed by atoms with Crippen molar-refractivity contribution in [3.05, 3.63) is 35.9 Å². The maximum Gasteiger partial charge on any atom is 0.329 e. The van der Waals surface area contributed by atoms with Crippen LogP contribution in [0.2, 0.25) is 0 Å². The van der Waals surface area contributed by atoms with Gasteiger partial charge in [0.25, 0.3) is 5.91 Å². The van der Waals surface area contributed by atoms with Crippen LogP contribution in [0.5, 0.6) is 0 Å². The van der Waals surface area contributed by atoms with Gasteiger partial charge in [-0.25, -0.2) is 0 Å². The molecular weight excluding hydrogens is 262 g/mol. The molecule has 0 fully saturated rings. The maximum atomic E-state index is 11.9. The Kier molecular flexibility index (Phi) is 6.18. The zero-order valence-corrected chi connectivity index (χ0v) is 11.1. The Morgan fingerprint density at radius 3 is 2.45 bits per heavy atom. The van der Waals surface area contributed by atoms with Gasteiger partial charge in [0.2, 0.25) is 5.91 Å². The van der Waals surface area contributed by atoms with Gasteiger partial charge in [0.05, 0.1) is 6.54 Å². The van der Waals surface area contributed by atoms with Gasteiger partial charge in [-0.1, -0.05) is 30.3 Å². The Labute approximate surface area is 116 Å². The largest absolute Gasteiger partial charge is 0.343 e. The Hall–Kier alpha value is -2.41. The number of nitrogens with two attached hydrogens (primary N) is 1. The molecule has 0 unspecified atom stereocenters. The molecule has 0 aromatic heterocycles. The molecule has 0 heterocycles. The molecule has 1 rings (SSSR count). The maximum absolute atomic E-state index is 11.9. The summed E-state index contributed by atoms with van der Waals surface area (Å²) in [4.78, 5) is 38.3. The van der Waals surface area contributed by atoms with Crippen molar-refractivity contribution < 1.29 is 19.2 Å². The van der Waals surface area contributed by atoms with Crippen molar-refractivity contribution >= 4 is 17.8 Å². The molecule has 7 heteroatoms. The molecule has 20 heavy (non-hydrogen) atoms. The summed E-state index contributed by atoms with van der Waals surface area (Å²) in [6.45, 7) is 0.928. The first-order valence-corrected chi connectivity index (χ1v) is 6.03. The number of hydrogen-bond donors (Lipinski definition) is 3. The molecule has 4 N–H and O–H groups in total. The SMILES string of the molecule is CC(=O)ONC(=O)[C@H](Cc1ccccc1)NC(=O)CN. The van der Waals surface area contributed by atoms with Crippen LogP contribution in [-0.2, 0) is 25.6 Å². The first-order chi connectivity index (χ1) is 9.52. The van der Waals surface area contributed by atoms with Crippen LogP contribution in [0.3, 0.4) is 0 Å². The normalized spacial score (nSPS) is 11.3. The van der Waals surface area contributed by atoms with Crippen LogP contribution in [0.25, 0.3) is 0 Å². The summed E-state index contributed by atoms with van der Waals surface area (Å²) < 4.78 is 0. The van der Waals surface area contributed by atoms with Gasteiger partial charge in [0, 0.05) is 13.3 Å². The molecule has 2 amide bonds. The van der Waals surface area contributed by atoms with E-state index in [1.54, 1.807) is 0 Å². The molecule has 0 saturated heterocycles. The zero-order chi connectivity index (χ0) is 15.0. The van der Waals surface area contributed by atoms with Crippen LogP contribution in [0.15, 0.2) is 30.3 Å². The smallest absolute Gasteiger partial charge is 0.329 e. The predicted octanol–water partition coefficient (Wildman–Crippen LogP) is -0.733. The number of hydroxylamine groups is 1. The quantitative estimate of drug-likeness (QED) is 0.615. The standard InChI is InChI=1S/C13H17N3O4/c1-9(17)20-16-13(19)11(15-12(18)8-14)7-10-5-3-2-4-6-10/h2-6,11H,7-8,14H2,1H3,(H,15,18)(H,16,19)/t11-/m0/s1. The molecule has 0 aliphatic carbocycles. The Balaban J connectivity index is 2.71. The average molecular weight is 279 g/mol. The van der Waals surface area contributed by atoms with Crippen LogP contribution in [0, 0.1) is 0 Å². The third kappa shape index (κ3) is 5.49. The monoisotopic (exact) mass is 279 g/mol. The predicted molar refractivity (Wildman–Crippen MR) is 71.0 cm³/mol. The molecule has 7 nitrogen and oxygen atoms in total. The molecule has 1 atom stereocenters. The number of hydrogen-bond acceptors (Lipinski definition) is 5. The van der Waals surface area contributed by atoms with Gasteiger partial charge in [-0.05, 0) is 5.56 Å². The number of rotatable bonds is 5. The number of amides is 2. The first-order valence-electron chi connectivity index (χ1n) is 6.03. The highest BCUT2D eigenvalue weighted by molar-refractivity contribution is 5.88. The lowest BCUT2D eigenvalue weighted by Crippen LogP contribution is -2.49. The molecular formula is C13H17N3O4. The highest BCUT2D eigenvalue weighted by atomic mass is 16.7. The minimum Gasteiger partial charge on any atom is -0.343 e. The number of benzene rings is 1. The molecule has 0 saturated carbocycles. The van der Waals surface area contributed by atoms with Gasteiger partial charge in [0.1, 0.15) is 6.04 Å². The van der Waals surface area contributed by atoms with Gasteiger partial charge in [-0.3, -0.25) is 14.4 Å². The van der Waals surface area contributed by atoms with Crippen LogP contribution >= 0.6 is 0 Å². The van der Waals surface area contributed by atoms with E-state index in [1.165, 1.54) is 0 Å². The van der Waals surface area contributed by atoms with Crippen molar-refractivity contribution in [2.24, 2.45) is 5.73 Å². The van der Waals surface area contributed by atoms with Gasteiger partial charge in [-0.2, -0.15) is 5.48 Å². The zero-order valence-electron chi connectivity index (χ0n) is 11.1. The fourth-order valence-corrected chi connectivity index (χ4v) is 1.51. The lowest BCUT2D eigenvalue weighted by atomic mass is 10.1. The number of nitrogens with one attached hydrogen (secondary N) is 2. The highest BCUT2D eigenvalue weighted by Crippen LogP contribution is 2.03. The average Bonchev–Trinajstić information content (AvgIpc) is 2.44. The Morgan fingerprint density at radius 2 is 1.90 bits per heavy atom. The topological polar surface area (TPSA) is 111 Å². The molecule has 0 radical (unpaired) electrons. The molecule has 0 spiro atoms. The third-order valence-electron chi connectivity index (χ3n) is 2.42. The van der Waals surface area contributed by atoms with Crippen molar-refractivity contribution in [3.8, 4) is 0 Å². The first kappa shape index (κ1) is 15.6. The fourth-order valence-electron chi connectivity index (χ4n) is 1.51. The minimum absolute atomic E-state index is 0.230. The van der Waals surface area contributed by atoms with Gasteiger partial charge in [0.15, 0.2) is 0 Å². The minimum atomic E-state index is -0.868. The van der Waals surface area contributed by atoms with Gasteiger partial charge in [-0.15, -0.1) is 0 Å². The van der Waals surface area contributed by atoms with Crippen LogP contribution in [0.4, 0.5) is 0 Å². The second kappa shape index (κ2) is 7.90. The summed E-state index contributed by atoms with van der Waals surface area (Å²) in [5.74, 6) is -1.74. The summed E-state index contributed by atoms with van der Waals surface area (Å²) >= 11 is 0. The summed E-state index contributed by atoms with van der Waals surface area (Å²) in [6.07, 6.45) is 0.264. The second-order valence-electron chi connectivity index (χ2n) is 4.07. The van der Waals surface area contributed by atoms with E-state index in [-0.39, 0.29) is 13.0 Å². The summed E-state index contributed by atoms with van der Waals surface area (Å²) in [5.41, 5.74) is 8.05. The van der Waals surface area contributed by atoms with Crippen LogP contribution in [0.1, 0.15) is 12.5 Å². The van der Waals surface area contributed by atoms with Crippen molar-refractivity contribution in [3.63, 3.8) is 0 Å². The van der Waals surface area contributed by atoms with E-state index in [0.717, 1.165) is 12.5 Å². The Bertz CT molecular complexity index is 476. The summed E-state index contributed by atoms with van der Waals surface area (Å²) in [6, 6.07) is 8.26. The van der Waals surface area contributed by atoms with Crippen molar-refractivity contribution in [1.82, 2.24) is 10.8 Å². The molecule has 1 aromatic carbocycles. The third-order valence-corrected chi connectivity index (χ3v) is 2.42. The second-order valence-corrected chi connectivity index (χ2v) is 4.07. The van der Waals surface area contributed by atoms with E-state index in [2.05, 4.69) is 10.2 Å². The van der Waals surface area contributed by atoms with Crippen molar-refractivity contribution in [2.45, 2.75) is 19.4 Å². The molecule has 0 aliphatic heterocycles. The van der Waals surface area contributed by atoms with E-state index >= 15 is 0 Å². The lowest BCUT2D eigenvalue weighted by Gasteiger charge is -2.17. The number of carbonyl (C=O) groups excluding carboxylic acids is 3. The molecule has 0 aliphatic rings. The van der Waals surface area contributed by atoms with Crippen molar-refractivity contribution in [1.29, 1.82) is 0 Å². The van der Waals surface area contributed by atoms with Gasteiger partial charge >= 0.3 is 5.97 Å². The van der Waals surface area contributed by atoms with E-state index in [0.29, 0.717) is 0 Å². The lowest BCUT2D eigenvalue weighted by molar-refractivity contribution is -0.157. The van der Waals surface area contributed by atoms with Gasteiger partial charge < -0.3 is 15.9 Å². The molecule has 108 valence electrons. The van der Waals surface area contributed by atoms with E-state index in [1.807, 2.05) is 35.8 Å². The summed E-state index contributed by atoms with van der Waals surface area (Å²) in [5, 5.41) is 2.47. The highest BCUT2D eigenvalue weighted by Gasteiger charge is 2.21. The van der Waals surface area contributed by atoms with E-state index in [4.69, 9.17) is 5.73 Å².